The van der Waals surface area contributed by atoms with Gasteiger partial charge in [0.1, 0.15) is 23.4 Å². The highest BCUT2D eigenvalue weighted by Crippen LogP contribution is 2.36. The van der Waals surface area contributed by atoms with Crippen LogP contribution < -0.4 is 10.6 Å². The largest absolute Gasteiger partial charge is 0.508 e. The van der Waals surface area contributed by atoms with E-state index < -0.39 is 41.1 Å². The normalized spacial score (nSPS) is 13.3. The molecule has 2 aromatic rings. The molecular weight excluding hydrogens is 538 g/mol. The number of ether oxygens (including phenoxy) is 1. The Morgan fingerprint density at radius 1 is 1.05 bits per heavy atom. The highest BCUT2D eigenvalue weighted by Gasteiger charge is 2.43. The number of hydrogen-bond donors (Lipinski definition) is 3. The van der Waals surface area contributed by atoms with Gasteiger partial charge < -0.3 is 25.4 Å². The van der Waals surface area contributed by atoms with Gasteiger partial charge in [0.25, 0.3) is 5.91 Å². The van der Waals surface area contributed by atoms with Crippen molar-refractivity contribution < 1.29 is 24.2 Å². The van der Waals surface area contributed by atoms with Crippen LogP contribution in [0.4, 0.5) is 10.5 Å². The summed E-state index contributed by atoms with van der Waals surface area (Å²) in [6.45, 7) is 12.4. The number of amides is 3. The molecule has 0 spiro atoms. The number of carbonyl (C=O) groups excluding carboxylic acids is 3. The number of thioether (sulfide) groups is 1. The van der Waals surface area contributed by atoms with Crippen molar-refractivity contribution >= 4 is 47.0 Å². The second kappa shape index (κ2) is 13.4. The van der Waals surface area contributed by atoms with Crippen LogP contribution in [-0.2, 0) is 14.3 Å². The second-order valence-corrected chi connectivity index (χ2v) is 12.6. The molecule has 214 valence electrons. The number of phenolic OH excluding ortho intramolecular Hbond substituents is 1. The molecule has 0 bridgehead atoms. The Kier molecular flexibility index (Phi) is 11.1. The number of alkyl carbamates (subject to hydrolysis) is 1. The molecule has 10 heteroatoms. The first-order valence-electron chi connectivity index (χ1n) is 12.7. The van der Waals surface area contributed by atoms with Crippen molar-refractivity contribution in [1.82, 2.24) is 10.2 Å². The monoisotopic (exact) mass is 577 g/mol. The molecule has 3 N–H and O–H groups in total. The first-order valence-corrected chi connectivity index (χ1v) is 14.5. The summed E-state index contributed by atoms with van der Waals surface area (Å²) in [5.74, 6) is -0.605. The van der Waals surface area contributed by atoms with E-state index in [1.807, 2.05) is 19.2 Å². The summed E-state index contributed by atoms with van der Waals surface area (Å²) in [4.78, 5) is 42.4. The maximum Gasteiger partial charge on any atom is 0.408 e. The van der Waals surface area contributed by atoms with Gasteiger partial charge in [0.2, 0.25) is 5.91 Å². The number of nitrogens with one attached hydrogen (secondary N) is 2. The van der Waals surface area contributed by atoms with Crippen LogP contribution >= 0.6 is 23.4 Å². The molecular formula is C29H40ClN3O5S. The quantitative estimate of drug-likeness (QED) is 0.322. The first kappa shape index (κ1) is 32.3. The maximum atomic E-state index is 14.3. The Balaban J connectivity index is 2.63. The van der Waals surface area contributed by atoms with Gasteiger partial charge in [-0.05, 0) is 84.6 Å². The number of nitrogens with zero attached hydrogens (tertiary/aromatic N) is 1. The summed E-state index contributed by atoms with van der Waals surface area (Å²) in [5.41, 5.74) is -0.263. The van der Waals surface area contributed by atoms with Crippen LogP contribution in [0.3, 0.4) is 0 Å². The van der Waals surface area contributed by atoms with E-state index in [1.54, 1.807) is 71.9 Å². The van der Waals surface area contributed by atoms with Crippen LogP contribution in [0.5, 0.6) is 5.75 Å². The Labute approximate surface area is 240 Å². The number of carbonyl (C=O) groups is 3. The second-order valence-electron chi connectivity index (χ2n) is 11.2. The van der Waals surface area contributed by atoms with Crippen LogP contribution in [0.1, 0.15) is 65.1 Å². The lowest BCUT2D eigenvalue weighted by Crippen LogP contribution is -2.58. The average molecular weight is 578 g/mol. The van der Waals surface area contributed by atoms with Gasteiger partial charge in [-0.2, -0.15) is 11.8 Å². The van der Waals surface area contributed by atoms with E-state index in [4.69, 9.17) is 16.3 Å². The molecule has 2 unspecified atom stereocenters. The van der Waals surface area contributed by atoms with Gasteiger partial charge in [-0.3, -0.25) is 9.59 Å². The molecule has 0 aliphatic carbocycles. The molecule has 8 nitrogen and oxygen atoms in total. The molecule has 0 saturated carbocycles. The lowest BCUT2D eigenvalue weighted by molar-refractivity contribution is -0.146. The summed E-state index contributed by atoms with van der Waals surface area (Å²) >= 11 is 7.93. The summed E-state index contributed by atoms with van der Waals surface area (Å²) in [5, 5.41) is 16.7. The van der Waals surface area contributed by atoms with Crippen LogP contribution in [0.2, 0.25) is 5.02 Å². The van der Waals surface area contributed by atoms with E-state index in [9.17, 15) is 19.5 Å². The van der Waals surface area contributed by atoms with Crippen molar-refractivity contribution in [3.05, 3.63) is 58.6 Å². The van der Waals surface area contributed by atoms with E-state index in [2.05, 4.69) is 10.6 Å². The third kappa shape index (κ3) is 9.07. The lowest BCUT2D eigenvalue weighted by Gasteiger charge is -2.43. The van der Waals surface area contributed by atoms with Gasteiger partial charge >= 0.3 is 6.09 Å². The van der Waals surface area contributed by atoms with Gasteiger partial charge in [0, 0.05) is 11.1 Å². The predicted molar refractivity (Wildman–Crippen MR) is 158 cm³/mol. The van der Waals surface area contributed by atoms with Crippen molar-refractivity contribution in [1.29, 1.82) is 0 Å². The SMILES string of the molecule is CSCCC(NC(=O)OC(C)(C)C)C(=O)N(C(C(=O)Nc1c(C)cccc1Cl)c1ccccc1O)C(C)(C)C. The van der Waals surface area contributed by atoms with E-state index in [-0.39, 0.29) is 11.3 Å². The molecule has 0 heterocycles. The number of rotatable bonds is 9. The maximum absolute atomic E-state index is 14.3. The molecule has 39 heavy (non-hydrogen) atoms. The van der Waals surface area contributed by atoms with Gasteiger partial charge in [-0.1, -0.05) is 41.9 Å². The zero-order chi connectivity index (χ0) is 29.5. The molecule has 0 radical (unpaired) electrons. The minimum absolute atomic E-state index is 0.142. The fraction of sp³-hybridized carbons (Fsp3) is 0.483. The fourth-order valence-corrected chi connectivity index (χ4v) is 4.79. The molecule has 2 rings (SSSR count). The van der Waals surface area contributed by atoms with Crippen LogP contribution in [0, 0.1) is 6.92 Å². The third-order valence-electron chi connectivity index (χ3n) is 5.77. The van der Waals surface area contributed by atoms with Crippen molar-refractivity contribution in [2.75, 3.05) is 17.3 Å². The van der Waals surface area contributed by atoms with Crippen molar-refractivity contribution in [2.24, 2.45) is 0 Å². The number of hydrogen-bond acceptors (Lipinski definition) is 6. The van der Waals surface area contributed by atoms with E-state index in [0.717, 1.165) is 5.56 Å². The Bertz CT molecular complexity index is 1160. The topological polar surface area (TPSA) is 108 Å². The first-order chi connectivity index (χ1) is 18.1. The summed E-state index contributed by atoms with van der Waals surface area (Å²) < 4.78 is 5.42. The van der Waals surface area contributed by atoms with Crippen LogP contribution in [0.15, 0.2) is 42.5 Å². The number of phenols is 1. The molecule has 0 fully saturated rings. The smallest absolute Gasteiger partial charge is 0.408 e. The Morgan fingerprint density at radius 3 is 2.23 bits per heavy atom. The number of para-hydroxylation sites is 2. The van der Waals surface area contributed by atoms with Crippen LogP contribution in [-0.4, -0.2) is 57.1 Å². The predicted octanol–water partition coefficient (Wildman–Crippen LogP) is 6.31. The van der Waals surface area contributed by atoms with Gasteiger partial charge in [0.15, 0.2) is 0 Å². The number of aryl methyl sites for hydroxylation is 1. The van der Waals surface area contributed by atoms with Gasteiger partial charge in [0.05, 0.1) is 10.7 Å². The molecule has 2 atom stereocenters. The lowest BCUT2D eigenvalue weighted by atomic mass is 9.94. The Hall–Kier alpha value is -2.91. The summed E-state index contributed by atoms with van der Waals surface area (Å²) in [6, 6.07) is 9.42. The molecule has 3 amide bonds. The summed E-state index contributed by atoms with van der Waals surface area (Å²) in [6.07, 6.45) is 1.48. The highest BCUT2D eigenvalue weighted by molar-refractivity contribution is 7.98. The molecule has 0 saturated heterocycles. The average Bonchev–Trinajstić information content (AvgIpc) is 2.80. The van der Waals surface area contributed by atoms with Crippen molar-refractivity contribution in [2.45, 2.75) is 78.1 Å². The van der Waals surface area contributed by atoms with E-state index in [0.29, 0.717) is 22.9 Å². The molecule has 2 aromatic carbocycles. The summed E-state index contributed by atoms with van der Waals surface area (Å²) in [7, 11) is 0. The number of aromatic hydroxyl groups is 1. The van der Waals surface area contributed by atoms with Crippen LogP contribution in [0.25, 0.3) is 0 Å². The highest BCUT2D eigenvalue weighted by atomic mass is 35.5. The van der Waals surface area contributed by atoms with Crippen molar-refractivity contribution in [3.63, 3.8) is 0 Å². The number of benzene rings is 2. The van der Waals surface area contributed by atoms with Crippen molar-refractivity contribution in [3.8, 4) is 5.75 Å². The standard InChI is InChI=1S/C29H40ClN3O5S/c1-18-12-11-14-20(30)23(18)32-25(35)24(19-13-9-10-15-22(19)34)33(28(2,3)4)26(36)21(16-17-39-8)31-27(37)38-29(5,6)7/h9-15,21,24,34H,16-17H2,1-8H3,(H,31,37)(H,32,35). The molecule has 0 aliphatic heterocycles. The van der Waals surface area contributed by atoms with E-state index in [1.165, 1.54) is 22.7 Å². The molecule has 0 aromatic heterocycles. The van der Waals surface area contributed by atoms with Gasteiger partial charge in [-0.15, -0.1) is 0 Å². The Morgan fingerprint density at radius 2 is 1.69 bits per heavy atom. The minimum Gasteiger partial charge on any atom is -0.508 e. The third-order valence-corrected chi connectivity index (χ3v) is 6.73. The number of halogens is 1. The zero-order valence-corrected chi connectivity index (χ0v) is 25.5. The van der Waals surface area contributed by atoms with E-state index >= 15 is 0 Å². The fourth-order valence-electron chi connectivity index (χ4n) is 4.05. The molecule has 0 aliphatic rings. The van der Waals surface area contributed by atoms with Gasteiger partial charge in [-0.25, -0.2) is 4.79 Å². The number of anilines is 1. The minimum atomic E-state index is -1.24. The zero-order valence-electron chi connectivity index (χ0n) is 23.9.